The standard InChI is InChI=1S/C24H23N3O5S/c1-31-21-12-16-10-11-27(23(15-6-4-3-5-7-15)18(16)14-22(21)32-2)33(29,30)17-8-9-19-20(13-17)26-24(28)25-19/h3-9,12-14,23H,10-11H2,1-2H3,(H2,25,26,28). The second-order valence-electron chi connectivity index (χ2n) is 7.87. The third kappa shape index (κ3) is 3.59. The van der Waals surface area contributed by atoms with Gasteiger partial charge in [0.15, 0.2) is 11.5 Å². The number of hydrogen-bond acceptors (Lipinski definition) is 5. The van der Waals surface area contributed by atoms with Gasteiger partial charge in [-0.15, -0.1) is 0 Å². The van der Waals surface area contributed by atoms with Crippen LogP contribution in [0.1, 0.15) is 22.7 Å². The minimum absolute atomic E-state index is 0.120. The minimum atomic E-state index is -3.89. The quantitative estimate of drug-likeness (QED) is 0.471. The van der Waals surface area contributed by atoms with Gasteiger partial charge in [0.1, 0.15) is 0 Å². The van der Waals surface area contributed by atoms with E-state index >= 15 is 0 Å². The highest BCUT2D eigenvalue weighted by molar-refractivity contribution is 7.89. The molecule has 0 spiro atoms. The van der Waals surface area contributed by atoms with Gasteiger partial charge in [0.05, 0.1) is 36.2 Å². The summed E-state index contributed by atoms with van der Waals surface area (Å²) in [6.45, 7) is 0.298. The summed E-state index contributed by atoms with van der Waals surface area (Å²) in [6, 6.07) is 17.4. The van der Waals surface area contributed by atoms with Gasteiger partial charge >= 0.3 is 5.69 Å². The van der Waals surface area contributed by atoms with Crippen molar-refractivity contribution < 1.29 is 17.9 Å². The van der Waals surface area contributed by atoms with Crippen molar-refractivity contribution in [1.82, 2.24) is 14.3 Å². The Bertz CT molecular complexity index is 1490. The summed E-state index contributed by atoms with van der Waals surface area (Å²) >= 11 is 0. The zero-order chi connectivity index (χ0) is 23.2. The molecule has 9 heteroatoms. The van der Waals surface area contributed by atoms with Gasteiger partial charge in [0.2, 0.25) is 10.0 Å². The lowest BCUT2D eigenvalue weighted by Crippen LogP contribution is -2.40. The number of fused-ring (bicyclic) bond motifs is 2. The molecule has 0 saturated heterocycles. The first kappa shape index (κ1) is 21.3. The Morgan fingerprint density at radius 1 is 0.909 bits per heavy atom. The van der Waals surface area contributed by atoms with Crippen LogP contribution < -0.4 is 15.2 Å². The van der Waals surface area contributed by atoms with Crippen molar-refractivity contribution in [3.8, 4) is 11.5 Å². The van der Waals surface area contributed by atoms with Crippen LogP contribution in [0.15, 0.2) is 70.4 Å². The van der Waals surface area contributed by atoms with E-state index in [-0.39, 0.29) is 10.6 Å². The van der Waals surface area contributed by atoms with E-state index in [0.717, 1.165) is 16.7 Å². The Kier molecular flexibility index (Phi) is 5.22. The summed E-state index contributed by atoms with van der Waals surface area (Å²) in [5, 5.41) is 0. The number of ether oxygens (including phenoxy) is 2. The van der Waals surface area contributed by atoms with Crippen LogP contribution in [0, 0.1) is 0 Å². The summed E-state index contributed by atoms with van der Waals surface area (Å²) in [7, 11) is -0.749. The topological polar surface area (TPSA) is 104 Å². The molecule has 33 heavy (non-hydrogen) atoms. The number of rotatable bonds is 5. The molecule has 0 amide bonds. The Hall–Kier alpha value is -3.56. The van der Waals surface area contributed by atoms with Gasteiger partial charge in [-0.2, -0.15) is 4.31 Å². The fourth-order valence-corrected chi connectivity index (χ4v) is 6.09. The first-order valence-electron chi connectivity index (χ1n) is 10.5. The fraction of sp³-hybridized carbons (Fsp3) is 0.208. The summed E-state index contributed by atoms with van der Waals surface area (Å²) in [4.78, 5) is 17.0. The average molecular weight is 466 g/mol. The molecule has 2 heterocycles. The van der Waals surface area contributed by atoms with Gasteiger partial charge in [-0.05, 0) is 53.4 Å². The van der Waals surface area contributed by atoms with Crippen LogP contribution in [0.3, 0.4) is 0 Å². The van der Waals surface area contributed by atoms with Crippen molar-refractivity contribution in [2.24, 2.45) is 0 Å². The first-order chi connectivity index (χ1) is 15.9. The zero-order valence-electron chi connectivity index (χ0n) is 18.2. The molecule has 1 unspecified atom stereocenters. The van der Waals surface area contributed by atoms with Crippen molar-refractivity contribution in [1.29, 1.82) is 0 Å². The molecule has 1 aliphatic heterocycles. The van der Waals surface area contributed by atoms with Gasteiger partial charge in [0.25, 0.3) is 0 Å². The van der Waals surface area contributed by atoms with Crippen molar-refractivity contribution in [2.45, 2.75) is 17.4 Å². The molecule has 0 radical (unpaired) electrons. The molecule has 5 rings (SSSR count). The minimum Gasteiger partial charge on any atom is -0.493 e. The molecule has 170 valence electrons. The Balaban J connectivity index is 1.68. The fourth-order valence-electron chi connectivity index (χ4n) is 4.47. The van der Waals surface area contributed by atoms with Crippen LogP contribution in [-0.4, -0.2) is 43.5 Å². The molecule has 4 aromatic rings. The largest absolute Gasteiger partial charge is 0.493 e. The maximum atomic E-state index is 13.9. The van der Waals surface area contributed by atoms with Crippen molar-refractivity contribution in [3.63, 3.8) is 0 Å². The molecule has 1 aromatic heterocycles. The number of nitrogens with one attached hydrogen (secondary N) is 2. The second-order valence-corrected chi connectivity index (χ2v) is 9.76. The van der Waals surface area contributed by atoms with Gasteiger partial charge in [0, 0.05) is 6.54 Å². The lowest BCUT2D eigenvalue weighted by Gasteiger charge is -2.37. The van der Waals surface area contributed by atoms with Gasteiger partial charge in [-0.25, -0.2) is 13.2 Å². The van der Waals surface area contributed by atoms with E-state index in [1.54, 1.807) is 20.3 Å². The van der Waals surface area contributed by atoms with E-state index in [0.29, 0.717) is 35.5 Å². The zero-order valence-corrected chi connectivity index (χ0v) is 19.0. The van der Waals surface area contributed by atoms with Crippen LogP contribution in [0.25, 0.3) is 11.0 Å². The number of aromatic nitrogens is 2. The number of sulfonamides is 1. The van der Waals surface area contributed by atoms with Crippen molar-refractivity contribution in [3.05, 3.63) is 87.8 Å². The Morgan fingerprint density at radius 2 is 1.61 bits per heavy atom. The molecule has 2 N–H and O–H groups in total. The highest BCUT2D eigenvalue weighted by atomic mass is 32.2. The number of benzene rings is 3. The lowest BCUT2D eigenvalue weighted by molar-refractivity contribution is 0.332. The predicted molar refractivity (Wildman–Crippen MR) is 124 cm³/mol. The number of nitrogens with zero attached hydrogens (tertiary/aromatic N) is 1. The van der Waals surface area contributed by atoms with E-state index in [1.807, 2.05) is 42.5 Å². The molecule has 0 bridgehead atoms. The average Bonchev–Trinajstić information content (AvgIpc) is 3.22. The summed E-state index contributed by atoms with van der Waals surface area (Å²) in [6.07, 6.45) is 0.529. The molecule has 1 atom stereocenters. The van der Waals surface area contributed by atoms with Crippen molar-refractivity contribution in [2.75, 3.05) is 20.8 Å². The Morgan fingerprint density at radius 3 is 2.33 bits per heavy atom. The van der Waals surface area contributed by atoms with E-state index in [9.17, 15) is 13.2 Å². The highest BCUT2D eigenvalue weighted by Gasteiger charge is 2.38. The molecule has 0 saturated carbocycles. The highest BCUT2D eigenvalue weighted by Crippen LogP contribution is 2.43. The number of hydrogen-bond donors (Lipinski definition) is 2. The molecular formula is C24H23N3O5S. The molecule has 0 fully saturated rings. The van der Waals surface area contributed by atoms with Gasteiger partial charge < -0.3 is 19.4 Å². The van der Waals surface area contributed by atoms with E-state index in [2.05, 4.69) is 9.97 Å². The monoisotopic (exact) mass is 465 g/mol. The van der Waals surface area contributed by atoms with Gasteiger partial charge in [-0.3, -0.25) is 0 Å². The SMILES string of the molecule is COc1cc2c(cc1OC)C(c1ccccc1)N(S(=O)(=O)c1ccc3[nH]c(=O)[nH]c3c1)CC2. The van der Waals surface area contributed by atoms with E-state index in [4.69, 9.17) is 9.47 Å². The maximum Gasteiger partial charge on any atom is 0.323 e. The molecule has 3 aromatic carbocycles. The molecule has 0 aliphatic carbocycles. The van der Waals surface area contributed by atoms with E-state index in [1.165, 1.54) is 16.4 Å². The third-order valence-corrected chi connectivity index (χ3v) is 7.90. The van der Waals surface area contributed by atoms with Crippen LogP contribution in [0.5, 0.6) is 11.5 Å². The molecular weight excluding hydrogens is 442 g/mol. The summed E-state index contributed by atoms with van der Waals surface area (Å²) in [5.41, 5.74) is 3.34. The summed E-state index contributed by atoms with van der Waals surface area (Å²) < 4.78 is 40.2. The van der Waals surface area contributed by atoms with Crippen LogP contribution in [0.4, 0.5) is 0 Å². The second kappa shape index (κ2) is 8.09. The number of methoxy groups -OCH3 is 2. The maximum absolute atomic E-state index is 13.9. The smallest absolute Gasteiger partial charge is 0.323 e. The number of imidazole rings is 1. The first-order valence-corrected chi connectivity index (χ1v) is 11.9. The van der Waals surface area contributed by atoms with E-state index < -0.39 is 16.1 Å². The van der Waals surface area contributed by atoms with Gasteiger partial charge in [-0.1, -0.05) is 30.3 Å². The normalized spacial score (nSPS) is 16.5. The summed E-state index contributed by atoms with van der Waals surface area (Å²) in [5.74, 6) is 1.16. The van der Waals surface area contributed by atoms with Crippen LogP contribution in [-0.2, 0) is 16.4 Å². The van der Waals surface area contributed by atoms with Crippen LogP contribution in [0.2, 0.25) is 0 Å². The lowest BCUT2D eigenvalue weighted by atomic mass is 9.89. The Labute approximate surface area is 190 Å². The number of aromatic amines is 2. The van der Waals surface area contributed by atoms with Crippen LogP contribution >= 0.6 is 0 Å². The van der Waals surface area contributed by atoms with Crippen molar-refractivity contribution >= 4 is 21.1 Å². The predicted octanol–water partition coefficient (Wildman–Crippen LogP) is 3.21. The third-order valence-electron chi connectivity index (χ3n) is 6.04. The molecule has 1 aliphatic rings. The molecule has 8 nitrogen and oxygen atoms in total. The number of H-pyrrole nitrogens is 2.